The summed E-state index contributed by atoms with van der Waals surface area (Å²) in [5.41, 5.74) is 12.7. The van der Waals surface area contributed by atoms with Crippen molar-refractivity contribution in [1.29, 1.82) is 0 Å². The van der Waals surface area contributed by atoms with Crippen LogP contribution in [0.15, 0.2) is 40.4 Å². The second kappa shape index (κ2) is 7.28. The highest BCUT2D eigenvalue weighted by Gasteiger charge is 2.14. The molecular formula is C15H21N5S. The van der Waals surface area contributed by atoms with Crippen LogP contribution in [0.4, 0.5) is 11.6 Å². The number of nitrogens with two attached hydrogens (primary N) is 2. The predicted octanol–water partition coefficient (Wildman–Crippen LogP) is 2.85. The molecule has 0 aliphatic carbocycles. The van der Waals surface area contributed by atoms with Gasteiger partial charge in [-0.05, 0) is 36.4 Å². The Morgan fingerprint density at radius 1 is 1.14 bits per heavy atom. The molecule has 0 amide bonds. The number of nitrogens with one attached hydrogen (secondary N) is 1. The molecule has 0 bridgehead atoms. The molecule has 6 heteroatoms. The number of anilines is 2. The van der Waals surface area contributed by atoms with Crippen LogP contribution in [0.3, 0.4) is 0 Å². The summed E-state index contributed by atoms with van der Waals surface area (Å²) in [6.07, 6.45) is 1.02. The number of nitrogens with zero attached hydrogens (tertiary/aromatic N) is 2. The van der Waals surface area contributed by atoms with E-state index >= 15 is 0 Å². The molecule has 0 saturated carbocycles. The summed E-state index contributed by atoms with van der Waals surface area (Å²) in [6, 6.07) is 10.1. The molecule has 0 fully saturated rings. The summed E-state index contributed by atoms with van der Waals surface area (Å²) < 4.78 is 0. The van der Waals surface area contributed by atoms with E-state index in [2.05, 4.69) is 41.3 Å². The van der Waals surface area contributed by atoms with Gasteiger partial charge >= 0.3 is 0 Å². The average molecular weight is 303 g/mol. The van der Waals surface area contributed by atoms with Crippen LogP contribution in [-0.4, -0.2) is 16.5 Å². The minimum atomic E-state index is 0.317. The number of hydrogen-bond acceptors (Lipinski definition) is 6. The quantitative estimate of drug-likeness (QED) is 0.711. The lowest BCUT2D eigenvalue weighted by Crippen LogP contribution is -2.20. The molecule has 2 rings (SSSR count). The lowest BCUT2D eigenvalue weighted by atomic mass is 10.0. The van der Waals surface area contributed by atoms with Crippen LogP contribution in [0.5, 0.6) is 0 Å². The third-order valence-electron chi connectivity index (χ3n) is 3.10. The van der Waals surface area contributed by atoms with Gasteiger partial charge in [0.05, 0.1) is 0 Å². The average Bonchev–Trinajstić information content (AvgIpc) is 2.44. The zero-order chi connectivity index (χ0) is 15.2. The molecule has 1 atom stereocenters. The van der Waals surface area contributed by atoms with Gasteiger partial charge in [-0.3, -0.25) is 0 Å². The number of aromatic nitrogens is 2. The van der Waals surface area contributed by atoms with Crippen LogP contribution in [0.1, 0.15) is 31.9 Å². The SMILES string of the molecule is CCNC(CC)c1ccccc1Sc1nc(N)cc(N)n1. The van der Waals surface area contributed by atoms with Crippen molar-refractivity contribution < 1.29 is 0 Å². The minimum absolute atomic E-state index is 0.317. The van der Waals surface area contributed by atoms with Gasteiger partial charge < -0.3 is 16.8 Å². The van der Waals surface area contributed by atoms with Gasteiger partial charge in [-0.2, -0.15) is 0 Å². The fraction of sp³-hybridized carbons (Fsp3) is 0.333. The van der Waals surface area contributed by atoms with E-state index in [0.717, 1.165) is 17.9 Å². The maximum atomic E-state index is 5.73. The Balaban J connectivity index is 2.31. The zero-order valence-electron chi connectivity index (χ0n) is 12.3. The Labute approximate surface area is 129 Å². The van der Waals surface area contributed by atoms with Crippen molar-refractivity contribution in [3.8, 4) is 0 Å². The molecule has 0 aliphatic heterocycles. The van der Waals surface area contributed by atoms with Crippen molar-refractivity contribution >= 4 is 23.4 Å². The standard InChI is InChI=1S/C15H21N5S/c1-3-11(18-4-2)10-7-5-6-8-12(10)21-15-19-13(16)9-14(17)20-15/h5-9,11,18H,3-4H2,1-2H3,(H4,16,17,19,20). The van der Waals surface area contributed by atoms with Crippen molar-refractivity contribution in [2.45, 2.75) is 36.4 Å². The molecule has 0 saturated heterocycles. The fourth-order valence-corrected chi connectivity index (χ4v) is 3.16. The molecule has 1 unspecified atom stereocenters. The first-order valence-corrected chi connectivity index (χ1v) is 7.85. The Hall–Kier alpha value is -1.79. The zero-order valence-corrected chi connectivity index (χ0v) is 13.2. The van der Waals surface area contributed by atoms with Crippen molar-refractivity contribution in [3.05, 3.63) is 35.9 Å². The second-order valence-corrected chi connectivity index (χ2v) is 5.67. The molecule has 1 aromatic carbocycles. The molecular weight excluding hydrogens is 282 g/mol. The van der Waals surface area contributed by atoms with Gasteiger partial charge in [-0.15, -0.1) is 0 Å². The summed E-state index contributed by atoms with van der Waals surface area (Å²) in [4.78, 5) is 9.58. The third-order valence-corrected chi connectivity index (χ3v) is 4.06. The Morgan fingerprint density at radius 3 is 2.43 bits per heavy atom. The molecule has 2 aromatic rings. The third kappa shape index (κ3) is 4.09. The van der Waals surface area contributed by atoms with Crippen LogP contribution in [0, 0.1) is 0 Å². The van der Waals surface area contributed by atoms with E-state index in [4.69, 9.17) is 11.5 Å². The second-order valence-electron chi connectivity index (χ2n) is 4.66. The summed E-state index contributed by atoms with van der Waals surface area (Å²) in [5, 5.41) is 4.07. The highest BCUT2D eigenvalue weighted by molar-refractivity contribution is 7.99. The van der Waals surface area contributed by atoms with Crippen molar-refractivity contribution in [2.24, 2.45) is 0 Å². The monoisotopic (exact) mass is 303 g/mol. The molecule has 21 heavy (non-hydrogen) atoms. The van der Waals surface area contributed by atoms with Crippen molar-refractivity contribution in [1.82, 2.24) is 15.3 Å². The van der Waals surface area contributed by atoms with Gasteiger partial charge in [-0.25, -0.2) is 9.97 Å². The Morgan fingerprint density at radius 2 is 1.81 bits per heavy atom. The van der Waals surface area contributed by atoms with Gasteiger partial charge in [0.15, 0.2) is 5.16 Å². The first-order valence-electron chi connectivity index (χ1n) is 7.04. The minimum Gasteiger partial charge on any atom is -0.383 e. The van der Waals surface area contributed by atoms with Crippen LogP contribution >= 0.6 is 11.8 Å². The van der Waals surface area contributed by atoms with Crippen molar-refractivity contribution in [2.75, 3.05) is 18.0 Å². The van der Waals surface area contributed by atoms with E-state index in [-0.39, 0.29) is 0 Å². The number of rotatable bonds is 6. The normalized spacial score (nSPS) is 12.3. The molecule has 5 N–H and O–H groups in total. The van der Waals surface area contributed by atoms with Crippen LogP contribution in [0.2, 0.25) is 0 Å². The molecule has 1 aromatic heterocycles. The number of benzene rings is 1. The van der Waals surface area contributed by atoms with Crippen LogP contribution < -0.4 is 16.8 Å². The summed E-state index contributed by atoms with van der Waals surface area (Å²) in [5.74, 6) is 0.780. The topological polar surface area (TPSA) is 89.8 Å². The van der Waals surface area contributed by atoms with Crippen LogP contribution in [0.25, 0.3) is 0 Å². The van der Waals surface area contributed by atoms with E-state index in [1.54, 1.807) is 6.07 Å². The number of nitrogen functional groups attached to an aromatic ring is 2. The van der Waals surface area contributed by atoms with E-state index in [0.29, 0.717) is 22.8 Å². The highest BCUT2D eigenvalue weighted by atomic mass is 32.2. The number of hydrogen-bond donors (Lipinski definition) is 3. The first kappa shape index (κ1) is 15.6. The summed E-state index contributed by atoms with van der Waals surface area (Å²) >= 11 is 1.49. The molecule has 5 nitrogen and oxygen atoms in total. The molecule has 1 heterocycles. The maximum absolute atomic E-state index is 5.73. The smallest absolute Gasteiger partial charge is 0.196 e. The largest absolute Gasteiger partial charge is 0.383 e. The maximum Gasteiger partial charge on any atom is 0.196 e. The molecule has 0 aliphatic rings. The summed E-state index contributed by atoms with van der Waals surface area (Å²) in [6.45, 7) is 5.21. The van der Waals surface area contributed by atoms with Crippen LogP contribution in [-0.2, 0) is 0 Å². The Kier molecular flexibility index (Phi) is 5.41. The van der Waals surface area contributed by atoms with E-state index in [1.807, 2.05) is 12.1 Å². The first-order chi connectivity index (χ1) is 10.1. The van der Waals surface area contributed by atoms with Gasteiger partial charge in [0.1, 0.15) is 11.6 Å². The van der Waals surface area contributed by atoms with Gasteiger partial charge in [0, 0.05) is 17.0 Å². The van der Waals surface area contributed by atoms with E-state index in [1.165, 1.54) is 17.3 Å². The van der Waals surface area contributed by atoms with Gasteiger partial charge in [0.2, 0.25) is 0 Å². The van der Waals surface area contributed by atoms with Gasteiger partial charge in [-0.1, -0.05) is 32.0 Å². The van der Waals surface area contributed by atoms with Gasteiger partial charge in [0.25, 0.3) is 0 Å². The van der Waals surface area contributed by atoms with E-state index in [9.17, 15) is 0 Å². The van der Waals surface area contributed by atoms with Crippen molar-refractivity contribution in [3.63, 3.8) is 0 Å². The lowest BCUT2D eigenvalue weighted by molar-refractivity contribution is 0.530. The predicted molar refractivity (Wildman–Crippen MR) is 88.1 cm³/mol. The Bertz CT molecular complexity index is 582. The highest BCUT2D eigenvalue weighted by Crippen LogP contribution is 2.33. The molecule has 0 spiro atoms. The molecule has 112 valence electrons. The summed E-state index contributed by atoms with van der Waals surface area (Å²) in [7, 11) is 0. The fourth-order valence-electron chi connectivity index (χ4n) is 2.19. The molecule has 0 radical (unpaired) electrons. The lowest BCUT2D eigenvalue weighted by Gasteiger charge is -2.19. The van der Waals surface area contributed by atoms with E-state index < -0.39 is 0 Å².